The lowest BCUT2D eigenvalue weighted by atomic mass is 10.1. The van der Waals surface area contributed by atoms with Crippen LogP contribution in [0.15, 0.2) is 71.5 Å². The third-order valence-corrected chi connectivity index (χ3v) is 5.61. The van der Waals surface area contributed by atoms with Crippen LogP contribution in [0.4, 0.5) is 5.69 Å². The third kappa shape index (κ3) is 4.88. The van der Waals surface area contributed by atoms with Crippen LogP contribution in [-0.4, -0.2) is 28.1 Å². The average molecular weight is 455 g/mol. The summed E-state index contributed by atoms with van der Waals surface area (Å²) in [7, 11) is 0. The number of amides is 2. The van der Waals surface area contributed by atoms with Gasteiger partial charge in [-0.2, -0.15) is 5.10 Å². The second-order valence-corrected chi connectivity index (χ2v) is 8.35. The molecule has 34 heavy (non-hydrogen) atoms. The Morgan fingerprint density at radius 1 is 0.882 bits per heavy atom. The van der Waals surface area contributed by atoms with Crippen LogP contribution in [-0.2, 0) is 11.3 Å². The summed E-state index contributed by atoms with van der Waals surface area (Å²) in [6, 6.07) is 20.3. The van der Waals surface area contributed by atoms with Gasteiger partial charge in [0.1, 0.15) is 0 Å². The summed E-state index contributed by atoms with van der Waals surface area (Å²) >= 11 is 0. The monoisotopic (exact) mass is 454 g/mol. The predicted molar refractivity (Wildman–Crippen MR) is 133 cm³/mol. The van der Waals surface area contributed by atoms with Crippen molar-refractivity contribution < 1.29 is 9.59 Å². The van der Waals surface area contributed by atoms with Gasteiger partial charge in [0.15, 0.2) is 5.69 Å². The molecule has 0 spiro atoms. The number of carbonyl (C=O) groups excluding carboxylic acids is 2. The van der Waals surface area contributed by atoms with E-state index in [1.165, 1.54) is 4.68 Å². The molecule has 0 aliphatic carbocycles. The van der Waals surface area contributed by atoms with Crippen LogP contribution in [0.3, 0.4) is 0 Å². The van der Waals surface area contributed by atoms with Crippen molar-refractivity contribution in [3.05, 3.63) is 105 Å². The second kappa shape index (κ2) is 9.70. The number of nitrogens with zero attached hydrogens (tertiary/aromatic N) is 2. The standard InChI is InChI=1S/C27H26N4O3/c1-17-13-18(2)24(19(3)14-17)29-23(32)15-28-26(33)25-21-11-7-8-12-22(21)27(34)31(30-25)16-20-9-5-4-6-10-20/h4-14H,15-16H2,1-3H3,(H,28,33)(H,29,32). The Morgan fingerprint density at radius 2 is 1.50 bits per heavy atom. The molecule has 0 saturated carbocycles. The smallest absolute Gasteiger partial charge is 0.274 e. The highest BCUT2D eigenvalue weighted by molar-refractivity contribution is 6.06. The Bertz CT molecular complexity index is 1420. The van der Waals surface area contributed by atoms with E-state index in [-0.39, 0.29) is 30.2 Å². The normalized spacial score (nSPS) is 10.8. The molecule has 0 aliphatic heterocycles. The zero-order chi connectivity index (χ0) is 24.2. The molecule has 2 N–H and O–H groups in total. The molecular formula is C27H26N4O3. The minimum absolute atomic E-state index is 0.0987. The Labute approximate surface area is 197 Å². The van der Waals surface area contributed by atoms with Crippen molar-refractivity contribution in [3.8, 4) is 0 Å². The Morgan fingerprint density at radius 3 is 2.18 bits per heavy atom. The first-order valence-electron chi connectivity index (χ1n) is 11.0. The molecule has 0 aliphatic rings. The summed E-state index contributed by atoms with van der Waals surface area (Å²) in [5.41, 5.74) is 4.48. The van der Waals surface area contributed by atoms with E-state index in [0.29, 0.717) is 10.8 Å². The molecule has 0 unspecified atom stereocenters. The van der Waals surface area contributed by atoms with E-state index in [1.54, 1.807) is 24.3 Å². The van der Waals surface area contributed by atoms with Crippen molar-refractivity contribution in [2.45, 2.75) is 27.3 Å². The van der Waals surface area contributed by atoms with Crippen LogP contribution in [0.1, 0.15) is 32.7 Å². The minimum Gasteiger partial charge on any atom is -0.342 e. The first-order valence-corrected chi connectivity index (χ1v) is 11.0. The summed E-state index contributed by atoms with van der Waals surface area (Å²) in [5.74, 6) is -0.865. The number of hydrogen-bond donors (Lipinski definition) is 2. The summed E-state index contributed by atoms with van der Waals surface area (Å²) in [6.07, 6.45) is 0. The molecule has 2 amide bonds. The molecule has 172 valence electrons. The van der Waals surface area contributed by atoms with Crippen LogP contribution >= 0.6 is 0 Å². The van der Waals surface area contributed by atoms with Gasteiger partial charge in [-0.1, -0.05) is 66.2 Å². The number of nitrogens with one attached hydrogen (secondary N) is 2. The van der Waals surface area contributed by atoms with Crippen molar-refractivity contribution in [1.82, 2.24) is 15.1 Å². The number of hydrogen-bond acceptors (Lipinski definition) is 4. The van der Waals surface area contributed by atoms with Crippen LogP contribution in [0.5, 0.6) is 0 Å². The third-order valence-electron chi connectivity index (χ3n) is 5.61. The number of benzene rings is 3. The van der Waals surface area contributed by atoms with Gasteiger partial charge >= 0.3 is 0 Å². The molecule has 0 atom stereocenters. The van der Waals surface area contributed by atoms with Gasteiger partial charge < -0.3 is 10.6 Å². The Hall–Kier alpha value is -4.26. The number of aryl methyl sites for hydroxylation is 3. The number of fused-ring (bicyclic) bond motifs is 1. The summed E-state index contributed by atoms with van der Waals surface area (Å²) in [5, 5.41) is 10.7. The molecule has 0 bridgehead atoms. The van der Waals surface area contributed by atoms with Gasteiger partial charge in [-0.25, -0.2) is 4.68 Å². The van der Waals surface area contributed by atoms with Gasteiger partial charge in [0.25, 0.3) is 11.5 Å². The van der Waals surface area contributed by atoms with Crippen molar-refractivity contribution in [2.24, 2.45) is 0 Å². The van der Waals surface area contributed by atoms with Crippen molar-refractivity contribution in [1.29, 1.82) is 0 Å². The van der Waals surface area contributed by atoms with Crippen LogP contribution in [0.25, 0.3) is 10.8 Å². The van der Waals surface area contributed by atoms with E-state index in [9.17, 15) is 14.4 Å². The molecular weight excluding hydrogens is 428 g/mol. The van der Waals surface area contributed by atoms with E-state index in [4.69, 9.17) is 0 Å². The van der Waals surface area contributed by atoms with E-state index in [2.05, 4.69) is 15.7 Å². The van der Waals surface area contributed by atoms with Gasteiger partial charge in [-0.3, -0.25) is 14.4 Å². The van der Waals surface area contributed by atoms with E-state index in [0.717, 1.165) is 27.9 Å². The second-order valence-electron chi connectivity index (χ2n) is 8.35. The number of aromatic nitrogens is 2. The lowest BCUT2D eigenvalue weighted by molar-refractivity contribution is -0.115. The van der Waals surface area contributed by atoms with Crippen molar-refractivity contribution >= 4 is 28.3 Å². The first-order chi connectivity index (χ1) is 16.3. The minimum atomic E-state index is -0.523. The molecule has 1 aromatic heterocycles. The van der Waals surface area contributed by atoms with Crippen LogP contribution in [0, 0.1) is 20.8 Å². The maximum Gasteiger partial charge on any atom is 0.274 e. The number of anilines is 1. The highest BCUT2D eigenvalue weighted by Gasteiger charge is 2.18. The first kappa shape index (κ1) is 22.9. The van der Waals surface area contributed by atoms with E-state index >= 15 is 0 Å². The van der Waals surface area contributed by atoms with Gasteiger partial charge in [0.2, 0.25) is 5.91 Å². The van der Waals surface area contributed by atoms with Gasteiger partial charge in [0.05, 0.1) is 18.5 Å². The fraction of sp³-hybridized carbons (Fsp3) is 0.185. The molecule has 7 nitrogen and oxygen atoms in total. The summed E-state index contributed by atoms with van der Waals surface area (Å²) in [4.78, 5) is 38.6. The zero-order valence-electron chi connectivity index (χ0n) is 19.4. The quantitative estimate of drug-likeness (QED) is 0.464. The fourth-order valence-electron chi connectivity index (χ4n) is 4.07. The van der Waals surface area contributed by atoms with Gasteiger partial charge in [0, 0.05) is 11.1 Å². The average Bonchev–Trinajstić information content (AvgIpc) is 2.82. The molecule has 0 radical (unpaired) electrons. The maximum absolute atomic E-state index is 13.0. The lowest BCUT2D eigenvalue weighted by Crippen LogP contribution is -2.35. The zero-order valence-corrected chi connectivity index (χ0v) is 19.4. The topological polar surface area (TPSA) is 93.1 Å². The van der Waals surface area contributed by atoms with Crippen molar-refractivity contribution in [2.75, 3.05) is 11.9 Å². The maximum atomic E-state index is 13.0. The molecule has 0 fully saturated rings. The van der Waals surface area contributed by atoms with Crippen LogP contribution in [0.2, 0.25) is 0 Å². The molecule has 4 aromatic rings. The molecule has 3 aromatic carbocycles. The molecule has 4 rings (SSSR count). The van der Waals surface area contributed by atoms with Gasteiger partial charge in [-0.15, -0.1) is 0 Å². The summed E-state index contributed by atoms with van der Waals surface area (Å²) < 4.78 is 1.28. The Kier molecular flexibility index (Phi) is 6.54. The largest absolute Gasteiger partial charge is 0.342 e. The highest BCUT2D eigenvalue weighted by Crippen LogP contribution is 2.21. The van der Waals surface area contributed by atoms with Crippen LogP contribution < -0.4 is 16.2 Å². The highest BCUT2D eigenvalue weighted by atomic mass is 16.2. The Balaban J connectivity index is 1.57. The summed E-state index contributed by atoms with van der Waals surface area (Å²) in [6.45, 7) is 5.87. The van der Waals surface area contributed by atoms with E-state index in [1.807, 2.05) is 63.2 Å². The molecule has 1 heterocycles. The number of rotatable bonds is 6. The molecule has 0 saturated heterocycles. The van der Waals surface area contributed by atoms with Crippen molar-refractivity contribution in [3.63, 3.8) is 0 Å². The van der Waals surface area contributed by atoms with E-state index < -0.39 is 5.91 Å². The van der Waals surface area contributed by atoms with Gasteiger partial charge in [-0.05, 0) is 43.5 Å². The number of carbonyl (C=O) groups is 2. The molecule has 7 heteroatoms. The fourth-order valence-corrected chi connectivity index (χ4v) is 4.07. The SMILES string of the molecule is Cc1cc(C)c(NC(=O)CNC(=O)c2nn(Cc3ccccc3)c(=O)c3ccccc23)c(C)c1. The lowest BCUT2D eigenvalue weighted by Gasteiger charge is -2.14. The predicted octanol–water partition coefficient (Wildman–Crippen LogP) is 3.74.